The molecule has 1 N–H and O–H groups in total. The molecule has 0 bridgehead atoms. The van der Waals surface area contributed by atoms with Crippen LogP contribution in [0.2, 0.25) is 5.02 Å². The summed E-state index contributed by atoms with van der Waals surface area (Å²) in [6.07, 6.45) is 2.82. The first-order valence-electron chi connectivity index (χ1n) is 9.00. The zero-order valence-corrected chi connectivity index (χ0v) is 15.4. The highest BCUT2D eigenvalue weighted by Gasteiger charge is 2.23. The van der Waals surface area contributed by atoms with E-state index in [9.17, 15) is 9.59 Å². The van der Waals surface area contributed by atoms with Crippen molar-refractivity contribution in [2.45, 2.75) is 31.7 Å². The van der Waals surface area contributed by atoms with E-state index in [1.165, 1.54) is 0 Å². The van der Waals surface area contributed by atoms with Crippen molar-refractivity contribution in [3.8, 4) is 0 Å². The molecule has 26 heavy (non-hydrogen) atoms. The Labute approximate surface area is 159 Å². The minimum absolute atomic E-state index is 0.0434. The molecule has 3 rings (SSSR count). The number of nitrogens with zero attached hydrogens (tertiary/aromatic N) is 1. The summed E-state index contributed by atoms with van der Waals surface area (Å²) in [5.41, 5.74) is 1.79. The topological polar surface area (TPSA) is 49.4 Å². The van der Waals surface area contributed by atoms with Crippen LogP contribution in [0.1, 0.15) is 35.2 Å². The molecule has 2 aromatic carbocycles. The fraction of sp³-hybridized carbons (Fsp3) is 0.333. The largest absolute Gasteiger partial charge is 0.349 e. The van der Waals surface area contributed by atoms with E-state index < -0.39 is 0 Å². The molecular weight excluding hydrogens is 348 g/mol. The zero-order valence-electron chi connectivity index (χ0n) is 14.7. The van der Waals surface area contributed by atoms with Crippen molar-refractivity contribution in [3.63, 3.8) is 0 Å². The molecule has 2 amide bonds. The number of hydrogen-bond donors (Lipinski definition) is 1. The third-order valence-electron chi connectivity index (χ3n) is 4.76. The van der Waals surface area contributed by atoms with Crippen molar-refractivity contribution in [3.05, 3.63) is 70.7 Å². The van der Waals surface area contributed by atoms with Gasteiger partial charge in [-0.15, -0.1) is 0 Å². The fourth-order valence-electron chi connectivity index (χ4n) is 3.19. The van der Waals surface area contributed by atoms with Crippen molar-refractivity contribution < 1.29 is 9.59 Å². The molecule has 0 aromatic heterocycles. The summed E-state index contributed by atoms with van der Waals surface area (Å²) in [7, 11) is 0. The molecular formula is C21H23ClN2O2. The summed E-state index contributed by atoms with van der Waals surface area (Å²) in [6.45, 7) is 1.39. The Balaban J connectivity index is 1.42. The number of nitrogens with one attached hydrogen (secondary N) is 1. The molecule has 1 aliphatic rings. The van der Waals surface area contributed by atoms with Gasteiger partial charge in [0.15, 0.2) is 0 Å². The standard InChI is InChI=1S/C21H23ClN2O2/c22-18-9-6-16(7-10-18)8-11-20(25)24-14-12-19(13-15-24)23-21(26)17-4-2-1-3-5-17/h1-7,9-10,19H,8,11-15H2,(H,23,26). The average Bonchev–Trinajstić information content (AvgIpc) is 2.68. The van der Waals surface area contributed by atoms with Crippen LogP contribution in [0.25, 0.3) is 0 Å². The van der Waals surface area contributed by atoms with Crippen LogP contribution in [0, 0.1) is 0 Å². The average molecular weight is 371 g/mol. The Morgan fingerprint density at radius 3 is 2.31 bits per heavy atom. The maximum absolute atomic E-state index is 12.4. The minimum Gasteiger partial charge on any atom is -0.349 e. The molecule has 136 valence electrons. The van der Waals surface area contributed by atoms with Crippen LogP contribution in [0.15, 0.2) is 54.6 Å². The highest BCUT2D eigenvalue weighted by Crippen LogP contribution is 2.15. The molecule has 4 nitrogen and oxygen atoms in total. The molecule has 1 fully saturated rings. The van der Waals surface area contributed by atoms with Crippen molar-refractivity contribution in [1.82, 2.24) is 10.2 Å². The van der Waals surface area contributed by atoms with Crippen LogP contribution < -0.4 is 5.32 Å². The number of piperidine rings is 1. The van der Waals surface area contributed by atoms with Gasteiger partial charge in [-0.05, 0) is 49.1 Å². The second-order valence-corrected chi connectivity index (χ2v) is 7.06. The molecule has 0 radical (unpaired) electrons. The quantitative estimate of drug-likeness (QED) is 0.872. The molecule has 0 aliphatic carbocycles. The maximum atomic E-state index is 12.4. The zero-order chi connectivity index (χ0) is 18.4. The predicted molar refractivity (Wildman–Crippen MR) is 103 cm³/mol. The molecule has 1 heterocycles. The number of aryl methyl sites for hydroxylation is 1. The molecule has 0 saturated carbocycles. The fourth-order valence-corrected chi connectivity index (χ4v) is 3.32. The summed E-state index contributed by atoms with van der Waals surface area (Å²) in [4.78, 5) is 26.5. The Morgan fingerprint density at radius 1 is 1.00 bits per heavy atom. The number of likely N-dealkylation sites (tertiary alicyclic amines) is 1. The van der Waals surface area contributed by atoms with Gasteiger partial charge in [0.1, 0.15) is 0 Å². The van der Waals surface area contributed by atoms with Crippen LogP contribution in [0.5, 0.6) is 0 Å². The Morgan fingerprint density at radius 2 is 1.65 bits per heavy atom. The number of carbonyl (C=O) groups excluding carboxylic acids is 2. The van der Waals surface area contributed by atoms with Crippen LogP contribution in [-0.4, -0.2) is 35.8 Å². The van der Waals surface area contributed by atoms with Crippen LogP contribution in [0.4, 0.5) is 0 Å². The lowest BCUT2D eigenvalue weighted by Gasteiger charge is -2.32. The van der Waals surface area contributed by atoms with Gasteiger partial charge in [-0.2, -0.15) is 0 Å². The Bertz CT molecular complexity index is 738. The van der Waals surface area contributed by atoms with Crippen LogP contribution in [-0.2, 0) is 11.2 Å². The first-order chi connectivity index (χ1) is 12.6. The highest BCUT2D eigenvalue weighted by atomic mass is 35.5. The van der Waals surface area contributed by atoms with E-state index in [0.717, 1.165) is 24.8 Å². The number of amides is 2. The van der Waals surface area contributed by atoms with E-state index in [0.29, 0.717) is 30.1 Å². The van der Waals surface area contributed by atoms with Gasteiger partial charge in [-0.3, -0.25) is 9.59 Å². The summed E-state index contributed by atoms with van der Waals surface area (Å²) in [5, 5.41) is 3.78. The van der Waals surface area contributed by atoms with Crippen LogP contribution >= 0.6 is 11.6 Å². The number of benzene rings is 2. The Kier molecular flexibility index (Phi) is 6.29. The molecule has 0 spiro atoms. The van der Waals surface area contributed by atoms with E-state index in [2.05, 4.69) is 5.32 Å². The summed E-state index contributed by atoms with van der Waals surface area (Å²) < 4.78 is 0. The van der Waals surface area contributed by atoms with Crippen molar-refractivity contribution in [1.29, 1.82) is 0 Å². The second-order valence-electron chi connectivity index (χ2n) is 6.62. The van der Waals surface area contributed by atoms with E-state index in [4.69, 9.17) is 11.6 Å². The molecule has 0 unspecified atom stereocenters. The third kappa shape index (κ3) is 5.09. The SMILES string of the molecule is O=C(NC1CCN(C(=O)CCc2ccc(Cl)cc2)CC1)c1ccccc1. The summed E-state index contributed by atoms with van der Waals surface area (Å²) in [5.74, 6) is 0.130. The van der Waals surface area contributed by atoms with Gasteiger partial charge >= 0.3 is 0 Å². The van der Waals surface area contributed by atoms with Gasteiger partial charge in [0.05, 0.1) is 0 Å². The van der Waals surface area contributed by atoms with Gasteiger partial charge in [0.25, 0.3) is 5.91 Å². The smallest absolute Gasteiger partial charge is 0.251 e. The molecule has 1 saturated heterocycles. The normalized spacial score (nSPS) is 14.9. The number of halogens is 1. The lowest BCUT2D eigenvalue weighted by atomic mass is 10.0. The van der Waals surface area contributed by atoms with Gasteiger partial charge in [-0.1, -0.05) is 41.9 Å². The first-order valence-corrected chi connectivity index (χ1v) is 9.38. The lowest BCUT2D eigenvalue weighted by molar-refractivity contribution is -0.132. The van der Waals surface area contributed by atoms with Crippen molar-refractivity contribution in [2.75, 3.05) is 13.1 Å². The number of rotatable bonds is 5. The lowest BCUT2D eigenvalue weighted by Crippen LogP contribution is -2.46. The maximum Gasteiger partial charge on any atom is 0.251 e. The monoisotopic (exact) mass is 370 g/mol. The summed E-state index contributed by atoms with van der Waals surface area (Å²) in [6, 6.07) is 17.0. The third-order valence-corrected chi connectivity index (χ3v) is 5.01. The number of hydrogen-bond acceptors (Lipinski definition) is 2. The van der Waals surface area contributed by atoms with E-state index in [1.807, 2.05) is 59.5 Å². The van der Waals surface area contributed by atoms with E-state index in [-0.39, 0.29) is 17.9 Å². The minimum atomic E-state index is -0.0434. The number of carbonyl (C=O) groups is 2. The van der Waals surface area contributed by atoms with Crippen molar-refractivity contribution >= 4 is 23.4 Å². The summed E-state index contributed by atoms with van der Waals surface area (Å²) >= 11 is 5.88. The van der Waals surface area contributed by atoms with E-state index >= 15 is 0 Å². The molecule has 5 heteroatoms. The predicted octanol–water partition coefficient (Wildman–Crippen LogP) is 3.69. The van der Waals surface area contributed by atoms with Gasteiger partial charge in [0, 0.05) is 36.1 Å². The van der Waals surface area contributed by atoms with Crippen molar-refractivity contribution in [2.24, 2.45) is 0 Å². The Hall–Kier alpha value is -2.33. The van der Waals surface area contributed by atoms with Gasteiger partial charge in [-0.25, -0.2) is 0 Å². The molecule has 2 aromatic rings. The van der Waals surface area contributed by atoms with Crippen LogP contribution in [0.3, 0.4) is 0 Å². The second kappa shape index (κ2) is 8.86. The molecule has 1 aliphatic heterocycles. The van der Waals surface area contributed by atoms with E-state index in [1.54, 1.807) is 0 Å². The molecule has 0 atom stereocenters. The highest BCUT2D eigenvalue weighted by molar-refractivity contribution is 6.30. The van der Waals surface area contributed by atoms with Gasteiger partial charge in [0.2, 0.25) is 5.91 Å². The first kappa shape index (κ1) is 18.5. The van der Waals surface area contributed by atoms with Gasteiger partial charge < -0.3 is 10.2 Å².